The minimum atomic E-state index is -0.169. The quantitative estimate of drug-likeness (QED) is 0.455. The molecule has 8 heteroatoms. The summed E-state index contributed by atoms with van der Waals surface area (Å²) in [7, 11) is 3.19. The summed E-state index contributed by atoms with van der Waals surface area (Å²) in [4.78, 5) is 34.8. The Labute approximate surface area is 169 Å². The number of aromatic nitrogens is 2. The number of hydrogen-bond donors (Lipinski definition) is 2. The van der Waals surface area contributed by atoms with Crippen LogP contribution in [-0.2, 0) is 9.53 Å². The maximum Gasteiger partial charge on any atom is 0.308 e. The molecule has 152 valence electrons. The number of esters is 1. The van der Waals surface area contributed by atoms with Gasteiger partial charge in [-0.05, 0) is 25.7 Å². The van der Waals surface area contributed by atoms with Crippen molar-refractivity contribution in [1.29, 1.82) is 5.41 Å². The molecular formula is C21H25N5O3. The van der Waals surface area contributed by atoms with Crippen molar-refractivity contribution in [3.05, 3.63) is 47.8 Å². The first-order valence-corrected chi connectivity index (χ1v) is 9.52. The number of rotatable bonds is 5. The van der Waals surface area contributed by atoms with Crippen LogP contribution in [0.4, 0.5) is 0 Å². The van der Waals surface area contributed by atoms with Crippen LogP contribution < -0.4 is 5.73 Å². The molecule has 1 aliphatic rings. The van der Waals surface area contributed by atoms with Crippen molar-refractivity contribution in [3.63, 3.8) is 0 Å². The molecule has 0 bridgehead atoms. The number of ether oxygens (including phenoxy) is 1. The van der Waals surface area contributed by atoms with E-state index < -0.39 is 0 Å². The van der Waals surface area contributed by atoms with Crippen LogP contribution >= 0.6 is 0 Å². The molecule has 3 rings (SSSR count). The van der Waals surface area contributed by atoms with E-state index in [0.717, 1.165) is 31.2 Å². The van der Waals surface area contributed by atoms with Crippen LogP contribution in [0.3, 0.4) is 0 Å². The van der Waals surface area contributed by atoms with Gasteiger partial charge < -0.3 is 15.4 Å². The van der Waals surface area contributed by atoms with E-state index in [-0.39, 0.29) is 29.7 Å². The zero-order valence-corrected chi connectivity index (χ0v) is 16.6. The van der Waals surface area contributed by atoms with Crippen LogP contribution in [0, 0.1) is 11.3 Å². The topological polar surface area (TPSA) is 122 Å². The van der Waals surface area contributed by atoms with Crippen LogP contribution in [0.5, 0.6) is 0 Å². The first-order valence-electron chi connectivity index (χ1n) is 9.52. The lowest BCUT2D eigenvalue weighted by atomic mass is 9.85. The molecule has 1 fully saturated rings. The van der Waals surface area contributed by atoms with E-state index in [1.807, 2.05) is 0 Å². The maximum absolute atomic E-state index is 12.8. The summed E-state index contributed by atoms with van der Waals surface area (Å²) in [5.41, 5.74) is 7.29. The van der Waals surface area contributed by atoms with Gasteiger partial charge in [-0.2, -0.15) is 0 Å². The van der Waals surface area contributed by atoms with E-state index in [4.69, 9.17) is 15.9 Å². The Kier molecular flexibility index (Phi) is 6.21. The Balaban J connectivity index is 1.64. The Morgan fingerprint density at radius 3 is 2.17 bits per heavy atom. The number of benzene rings is 1. The second-order valence-electron chi connectivity index (χ2n) is 7.23. The fourth-order valence-corrected chi connectivity index (χ4v) is 3.62. The number of carbonyl (C=O) groups excluding carboxylic acids is 2. The zero-order chi connectivity index (χ0) is 21.0. The average molecular weight is 395 g/mol. The number of carbonyl (C=O) groups is 2. The summed E-state index contributed by atoms with van der Waals surface area (Å²) in [5, 5.41) is 7.43. The van der Waals surface area contributed by atoms with E-state index in [1.165, 1.54) is 19.5 Å². The van der Waals surface area contributed by atoms with Crippen molar-refractivity contribution < 1.29 is 14.3 Å². The van der Waals surface area contributed by atoms with Gasteiger partial charge in [-0.3, -0.25) is 15.0 Å². The standard InChI is InChI=1S/C21H25N5O3/c1-26(17-9-7-15(8-10-17)21(28)29-2)20(27)16-11-24-19(25-12-16)14-5-3-13(4-6-14)18(22)23/h3-6,11-12,15,17H,7-10H2,1-2H3,(H3,22,23)/t15-,17-. The van der Waals surface area contributed by atoms with Crippen molar-refractivity contribution in [1.82, 2.24) is 14.9 Å². The molecule has 1 saturated carbocycles. The lowest BCUT2D eigenvalue weighted by molar-refractivity contribution is -0.146. The Morgan fingerprint density at radius 2 is 1.66 bits per heavy atom. The second kappa shape index (κ2) is 8.81. The third kappa shape index (κ3) is 4.59. The number of amidine groups is 1. The van der Waals surface area contributed by atoms with Crippen molar-refractivity contribution in [3.8, 4) is 11.4 Å². The van der Waals surface area contributed by atoms with Crippen LogP contribution in [0.2, 0.25) is 0 Å². The lowest BCUT2D eigenvalue weighted by Crippen LogP contribution is -2.40. The number of nitrogens with zero attached hydrogens (tertiary/aromatic N) is 3. The molecule has 1 aromatic carbocycles. The molecule has 1 heterocycles. The largest absolute Gasteiger partial charge is 0.469 e. The van der Waals surface area contributed by atoms with Crippen molar-refractivity contribution in [2.45, 2.75) is 31.7 Å². The zero-order valence-electron chi connectivity index (χ0n) is 16.6. The third-order valence-electron chi connectivity index (χ3n) is 5.45. The molecule has 0 unspecified atom stereocenters. The number of amides is 1. The summed E-state index contributed by atoms with van der Waals surface area (Å²) in [6, 6.07) is 7.14. The van der Waals surface area contributed by atoms with E-state index >= 15 is 0 Å². The maximum atomic E-state index is 12.8. The Hall–Kier alpha value is -3.29. The molecule has 8 nitrogen and oxygen atoms in total. The summed E-state index contributed by atoms with van der Waals surface area (Å²) in [5.74, 6) is 0.125. The van der Waals surface area contributed by atoms with Crippen LogP contribution in [-0.4, -0.2) is 52.8 Å². The van der Waals surface area contributed by atoms with Gasteiger partial charge >= 0.3 is 5.97 Å². The SMILES string of the molecule is COC(=O)[C@H]1CC[C@H](N(C)C(=O)c2cnc(-c3ccc(C(=N)N)cc3)nc2)CC1. The van der Waals surface area contributed by atoms with Gasteiger partial charge in [0.25, 0.3) is 5.91 Å². The van der Waals surface area contributed by atoms with Gasteiger partial charge in [-0.15, -0.1) is 0 Å². The first-order chi connectivity index (χ1) is 13.9. The molecule has 3 N–H and O–H groups in total. The monoisotopic (exact) mass is 395 g/mol. The molecule has 1 amide bonds. The van der Waals surface area contributed by atoms with Crippen LogP contribution in [0.25, 0.3) is 11.4 Å². The van der Waals surface area contributed by atoms with Gasteiger partial charge in [-0.1, -0.05) is 24.3 Å². The highest BCUT2D eigenvalue weighted by molar-refractivity contribution is 5.95. The predicted octanol–water partition coefficient (Wildman–Crippen LogP) is 2.23. The summed E-state index contributed by atoms with van der Waals surface area (Å²) < 4.78 is 4.82. The van der Waals surface area contributed by atoms with Gasteiger partial charge in [0, 0.05) is 36.6 Å². The van der Waals surface area contributed by atoms with E-state index in [0.29, 0.717) is 17.0 Å². The van der Waals surface area contributed by atoms with E-state index in [2.05, 4.69) is 9.97 Å². The molecular weight excluding hydrogens is 370 g/mol. The minimum absolute atomic E-state index is 0.00192. The fourth-order valence-electron chi connectivity index (χ4n) is 3.62. The van der Waals surface area contributed by atoms with Crippen LogP contribution in [0.15, 0.2) is 36.7 Å². The third-order valence-corrected chi connectivity index (χ3v) is 5.45. The molecule has 0 radical (unpaired) electrons. The highest BCUT2D eigenvalue weighted by atomic mass is 16.5. The number of nitrogens with one attached hydrogen (secondary N) is 1. The van der Waals surface area contributed by atoms with Gasteiger partial charge in [-0.25, -0.2) is 9.97 Å². The van der Waals surface area contributed by atoms with Gasteiger partial charge in [0.1, 0.15) is 5.84 Å². The number of methoxy groups -OCH3 is 1. The molecule has 29 heavy (non-hydrogen) atoms. The smallest absolute Gasteiger partial charge is 0.308 e. The molecule has 0 spiro atoms. The normalized spacial score (nSPS) is 18.7. The van der Waals surface area contributed by atoms with Crippen molar-refractivity contribution in [2.24, 2.45) is 11.7 Å². The van der Waals surface area contributed by atoms with Gasteiger partial charge in [0.05, 0.1) is 18.6 Å². The lowest BCUT2D eigenvalue weighted by Gasteiger charge is -2.33. The fraction of sp³-hybridized carbons (Fsp3) is 0.381. The molecule has 0 atom stereocenters. The van der Waals surface area contributed by atoms with Gasteiger partial charge in [0.15, 0.2) is 5.82 Å². The number of hydrogen-bond acceptors (Lipinski definition) is 6. The number of nitrogens with two attached hydrogens (primary N) is 1. The van der Waals surface area contributed by atoms with E-state index in [1.54, 1.807) is 36.2 Å². The highest BCUT2D eigenvalue weighted by Crippen LogP contribution is 2.28. The predicted molar refractivity (Wildman–Crippen MR) is 108 cm³/mol. The van der Waals surface area contributed by atoms with Crippen LogP contribution in [0.1, 0.15) is 41.6 Å². The number of nitrogen functional groups attached to an aromatic ring is 1. The molecule has 0 saturated heterocycles. The minimum Gasteiger partial charge on any atom is -0.469 e. The van der Waals surface area contributed by atoms with E-state index in [9.17, 15) is 9.59 Å². The summed E-state index contributed by atoms with van der Waals surface area (Å²) in [6.07, 6.45) is 6.04. The Morgan fingerprint density at radius 1 is 1.07 bits per heavy atom. The average Bonchev–Trinajstić information content (AvgIpc) is 2.77. The molecule has 2 aromatic rings. The van der Waals surface area contributed by atoms with Crippen molar-refractivity contribution >= 4 is 17.7 Å². The molecule has 1 aromatic heterocycles. The second-order valence-corrected chi connectivity index (χ2v) is 7.23. The highest BCUT2D eigenvalue weighted by Gasteiger charge is 2.30. The molecule has 1 aliphatic carbocycles. The molecule has 0 aliphatic heterocycles. The van der Waals surface area contributed by atoms with Crippen molar-refractivity contribution in [2.75, 3.05) is 14.2 Å². The summed E-state index contributed by atoms with van der Waals surface area (Å²) >= 11 is 0. The summed E-state index contributed by atoms with van der Waals surface area (Å²) in [6.45, 7) is 0. The Bertz CT molecular complexity index is 888. The first kappa shape index (κ1) is 20.4. The van der Waals surface area contributed by atoms with Gasteiger partial charge in [0.2, 0.25) is 0 Å².